The van der Waals surface area contributed by atoms with Crippen molar-refractivity contribution in [2.24, 2.45) is 46.3 Å². The summed E-state index contributed by atoms with van der Waals surface area (Å²) < 4.78 is 6.11. The summed E-state index contributed by atoms with van der Waals surface area (Å²) in [4.78, 5) is 12.8. The first-order chi connectivity index (χ1) is 23.1. The van der Waals surface area contributed by atoms with Crippen LogP contribution in [0.5, 0.6) is 0 Å². The van der Waals surface area contributed by atoms with E-state index >= 15 is 0 Å². The summed E-state index contributed by atoms with van der Waals surface area (Å²) >= 11 is 0. The van der Waals surface area contributed by atoms with E-state index in [0.717, 1.165) is 80.5 Å². The molecule has 3 heteroatoms. The molecule has 0 heterocycles. The lowest BCUT2D eigenvalue weighted by Gasteiger charge is -2.58. The van der Waals surface area contributed by atoms with Gasteiger partial charge in [0.2, 0.25) is 0 Å². The zero-order chi connectivity index (χ0) is 34.6. The third-order valence-corrected chi connectivity index (χ3v) is 14.0. The lowest BCUT2D eigenvalue weighted by atomic mass is 9.47. The van der Waals surface area contributed by atoms with Gasteiger partial charge in [0.1, 0.15) is 6.10 Å². The Kier molecular flexibility index (Phi) is 15.9. The van der Waals surface area contributed by atoms with Crippen molar-refractivity contribution in [3.63, 3.8) is 0 Å². The Bertz CT molecular complexity index is 1050. The maximum Gasteiger partial charge on any atom is 0.306 e. The number of rotatable bonds is 20. The molecule has 3 saturated carbocycles. The SMILES string of the molecule is CCCCCC(O)C=CC=CCCCCCCCC(=O)OC1CCC2(C)C(=CCC3C2CCC2(C)C(C(C)CCCC(C)C)CCC32)C1. The average molecular weight is 665 g/mol. The van der Waals surface area contributed by atoms with Crippen LogP contribution in [0, 0.1) is 46.3 Å². The van der Waals surface area contributed by atoms with Gasteiger partial charge in [0.05, 0.1) is 6.10 Å². The first-order valence-electron chi connectivity index (χ1n) is 21.0. The van der Waals surface area contributed by atoms with Gasteiger partial charge in [0, 0.05) is 12.8 Å². The highest BCUT2D eigenvalue weighted by molar-refractivity contribution is 5.69. The quantitative estimate of drug-likeness (QED) is 0.0610. The van der Waals surface area contributed by atoms with E-state index < -0.39 is 0 Å². The number of unbranched alkanes of at least 4 members (excludes halogenated alkanes) is 7. The summed E-state index contributed by atoms with van der Waals surface area (Å²) in [5.74, 6) is 5.22. The number of carbonyl (C=O) groups excluding carboxylic acids is 1. The van der Waals surface area contributed by atoms with Gasteiger partial charge in [-0.1, -0.05) is 135 Å². The summed E-state index contributed by atoms with van der Waals surface area (Å²) in [6.45, 7) is 14.8. The van der Waals surface area contributed by atoms with Crippen molar-refractivity contribution in [1.29, 1.82) is 0 Å². The smallest absolute Gasteiger partial charge is 0.306 e. The molecule has 3 nitrogen and oxygen atoms in total. The highest BCUT2D eigenvalue weighted by atomic mass is 16.5. The van der Waals surface area contributed by atoms with E-state index in [1.807, 2.05) is 12.2 Å². The molecule has 48 heavy (non-hydrogen) atoms. The second-order valence-corrected chi connectivity index (χ2v) is 17.8. The molecule has 4 aliphatic rings. The van der Waals surface area contributed by atoms with E-state index in [-0.39, 0.29) is 18.2 Å². The van der Waals surface area contributed by atoms with Crippen molar-refractivity contribution in [2.45, 2.75) is 195 Å². The number of fused-ring (bicyclic) bond motifs is 5. The van der Waals surface area contributed by atoms with Crippen molar-refractivity contribution in [3.8, 4) is 0 Å². The summed E-state index contributed by atoms with van der Waals surface area (Å²) in [5.41, 5.74) is 2.48. The molecule has 9 unspecified atom stereocenters. The average Bonchev–Trinajstić information content (AvgIpc) is 3.41. The second kappa shape index (κ2) is 19.3. The van der Waals surface area contributed by atoms with Crippen LogP contribution in [-0.4, -0.2) is 23.3 Å². The summed E-state index contributed by atoms with van der Waals surface area (Å²) in [5, 5.41) is 9.95. The number of ether oxygens (including phenoxy) is 1. The molecule has 274 valence electrons. The number of carbonyl (C=O) groups is 1. The molecule has 4 rings (SSSR count). The molecule has 0 spiro atoms. The first kappa shape index (κ1) is 39.4. The number of aliphatic hydroxyl groups is 1. The summed E-state index contributed by atoms with van der Waals surface area (Å²) in [7, 11) is 0. The Hall–Kier alpha value is -1.35. The zero-order valence-corrected chi connectivity index (χ0v) is 32.3. The van der Waals surface area contributed by atoms with Crippen molar-refractivity contribution in [1.82, 2.24) is 0 Å². The lowest BCUT2D eigenvalue weighted by molar-refractivity contribution is -0.151. The molecular weight excluding hydrogens is 588 g/mol. The molecule has 0 aromatic carbocycles. The van der Waals surface area contributed by atoms with E-state index in [4.69, 9.17) is 4.74 Å². The van der Waals surface area contributed by atoms with E-state index in [1.54, 1.807) is 5.57 Å². The van der Waals surface area contributed by atoms with Gasteiger partial charge in [0.25, 0.3) is 0 Å². The molecule has 1 N–H and O–H groups in total. The van der Waals surface area contributed by atoms with Crippen molar-refractivity contribution >= 4 is 5.97 Å². The molecule has 0 bridgehead atoms. The van der Waals surface area contributed by atoms with E-state index in [9.17, 15) is 9.90 Å². The fourth-order valence-corrected chi connectivity index (χ4v) is 11.1. The van der Waals surface area contributed by atoms with Gasteiger partial charge in [-0.2, -0.15) is 0 Å². The van der Waals surface area contributed by atoms with E-state index in [2.05, 4.69) is 59.8 Å². The summed E-state index contributed by atoms with van der Waals surface area (Å²) in [6, 6.07) is 0. The van der Waals surface area contributed by atoms with Crippen LogP contribution in [0.15, 0.2) is 36.0 Å². The Morgan fingerprint density at radius 2 is 1.69 bits per heavy atom. The van der Waals surface area contributed by atoms with Crippen LogP contribution in [0.4, 0.5) is 0 Å². The lowest BCUT2D eigenvalue weighted by Crippen LogP contribution is -2.51. The normalized spacial score (nSPS) is 33.0. The highest BCUT2D eigenvalue weighted by Crippen LogP contribution is 2.67. The topological polar surface area (TPSA) is 46.5 Å². The Morgan fingerprint density at radius 1 is 0.896 bits per heavy atom. The van der Waals surface area contributed by atoms with Gasteiger partial charge in [-0.25, -0.2) is 0 Å². The van der Waals surface area contributed by atoms with Gasteiger partial charge >= 0.3 is 5.97 Å². The molecule has 0 amide bonds. The maximum atomic E-state index is 12.8. The minimum absolute atomic E-state index is 0.0254. The van der Waals surface area contributed by atoms with Crippen LogP contribution in [0.3, 0.4) is 0 Å². The maximum absolute atomic E-state index is 12.8. The molecule has 0 saturated heterocycles. The number of hydrogen-bond acceptors (Lipinski definition) is 3. The van der Waals surface area contributed by atoms with Crippen LogP contribution in [0.25, 0.3) is 0 Å². The Labute approximate surface area is 297 Å². The molecule has 9 atom stereocenters. The van der Waals surface area contributed by atoms with Gasteiger partial charge < -0.3 is 9.84 Å². The van der Waals surface area contributed by atoms with Crippen LogP contribution < -0.4 is 0 Å². The van der Waals surface area contributed by atoms with E-state index in [0.29, 0.717) is 17.3 Å². The fraction of sp³-hybridized carbons (Fsp3) is 0.844. The molecular formula is C45H76O3. The van der Waals surface area contributed by atoms with Gasteiger partial charge in [-0.05, 0) is 117 Å². The Morgan fingerprint density at radius 3 is 2.48 bits per heavy atom. The first-order valence-corrected chi connectivity index (χ1v) is 21.0. The predicted octanol–water partition coefficient (Wildman–Crippen LogP) is 12.7. The monoisotopic (exact) mass is 665 g/mol. The number of aliphatic hydroxyl groups excluding tert-OH is 1. The molecule has 0 aromatic rings. The number of allylic oxidation sites excluding steroid dienone is 4. The largest absolute Gasteiger partial charge is 0.462 e. The number of hydrogen-bond donors (Lipinski definition) is 1. The zero-order valence-electron chi connectivity index (χ0n) is 32.3. The number of esters is 1. The van der Waals surface area contributed by atoms with Gasteiger partial charge in [-0.15, -0.1) is 0 Å². The molecule has 0 aromatic heterocycles. The summed E-state index contributed by atoms with van der Waals surface area (Å²) in [6.07, 6.45) is 36.6. The van der Waals surface area contributed by atoms with Gasteiger partial charge in [0.15, 0.2) is 0 Å². The molecule has 3 fully saturated rings. The van der Waals surface area contributed by atoms with Crippen molar-refractivity contribution in [3.05, 3.63) is 36.0 Å². The van der Waals surface area contributed by atoms with Gasteiger partial charge in [-0.3, -0.25) is 4.79 Å². The third-order valence-electron chi connectivity index (χ3n) is 14.0. The van der Waals surface area contributed by atoms with Crippen LogP contribution in [0.2, 0.25) is 0 Å². The standard InChI is InChI=1S/C45H76O3/c1-7-8-16-22-37(46)23-17-14-12-10-9-11-13-15-18-24-43(47)48-38-29-31-44(5)36(33-38)25-26-39-41-28-27-40(35(4)21-19-20-34(2)3)45(41,6)32-30-42(39)44/h12,14,17,23,25,34-35,37-42,46H,7-11,13,15-16,18-22,24,26-33H2,1-6H3. The Balaban J connectivity index is 1.13. The third kappa shape index (κ3) is 10.6. The minimum Gasteiger partial charge on any atom is -0.462 e. The molecule has 0 radical (unpaired) electrons. The van der Waals surface area contributed by atoms with Crippen LogP contribution in [0.1, 0.15) is 183 Å². The van der Waals surface area contributed by atoms with E-state index in [1.165, 1.54) is 89.9 Å². The highest BCUT2D eigenvalue weighted by Gasteiger charge is 2.59. The molecule has 0 aliphatic heterocycles. The molecule has 4 aliphatic carbocycles. The van der Waals surface area contributed by atoms with Crippen LogP contribution >= 0.6 is 0 Å². The van der Waals surface area contributed by atoms with Crippen molar-refractivity contribution < 1.29 is 14.6 Å². The minimum atomic E-state index is -0.310. The fourth-order valence-electron chi connectivity index (χ4n) is 11.1. The second-order valence-electron chi connectivity index (χ2n) is 17.8. The predicted molar refractivity (Wildman–Crippen MR) is 204 cm³/mol. The van der Waals surface area contributed by atoms with Crippen LogP contribution in [-0.2, 0) is 9.53 Å². The van der Waals surface area contributed by atoms with Crippen molar-refractivity contribution in [2.75, 3.05) is 0 Å².